The van der Waals surface area contributed by atoms with E-state index in [9.17, 15) is 13.2 Å². The Balaban J connectivity index is 1.68. The van der Waals surface area contributed by atoms with Crippen LogP contribution in [0.15, 0.2) is 76.5 Å². The molecule has 0 aromatic heterocycles. The number of benzene rings is 3. The van der Waals surface area contributed by atoms with Crippen LogP contribution in [-0.4, -0.2) is 33.2 Å². The van der Waals surface area contributed by atoms with Crippen LogP contribution in [0.1, 0.15) is 17.5 Å². The SMILES string of the molecule is Cc1ccc(S(=O)(=O)N(CC(=O)NCCCSc2ccc(Cl)cc2)c2cc(Cl)ccc2C)cc1. The summed E-state index contributed by atoms with van der Waals surface area (Å²) < 4.78 is 28.1. The first kappa shape index (κ1) is 26.4. The summed E-state index contributed by atoms with van der Waals surface area (Å²) in [5, 5.41) is 3.92. The Labute approximate surface area is 215 Å². The fourth-order valence-corrected chi connectivity index (χ4v) is 5.82. The zero-order valence-electron chi connectivity index (χ0n) is 18.9. The topological polar surface area (TPSA) is 66.5 Å². The van der Waals surface area contributed by atoms with Crippen molar-refractivity contribution >= 4 is 56.6 Å². The maximum atomic E-state index is 13.5. The van der Waals surface area contributed by atoms with Crippen LogP contribution in [0.4, 0.5) is 5.69 Å². The van der Waals surface area contributed by atoms with E-state index in [0.717, 1.165) is 26.9 Å². The fourth-order valence-electron chi connectivity index (χ4n) is 3.20. The van der Waals surface area contributed by atoms with Crippen LogP contribution < -0.4 is 9.62 Å². The lowest BCUT2D eigenvalue weighted by molar-refractivity contribution is -0.119. The van der Waals surface area contributed by atoms with E-state index in [-0.39, 0.29) is 17.3 Å². The van der Waals surface area contributed by atoms with Gasteiger partial charge in [-0.3, -0.25) is 9.10 Å². The van der Waals surface area contributed by atoms with Gasteiger partial charge in [0, 0.05) is 21.5 Å². The lowest BCUT2D eigenvalue weighted by Crippen LogP contribution is -2.41. The van der Waals surface area contributed by atoms with Gasteiger partial charge in [0.25, 0.3) is 10.0 Å². The minimum atomic E-state index is -3.98. The van der Waals surface area contributed by atoms with Gasteiger partial charge in [0.2, 0.25) is 5.91 Å². The zero-order valence-corrected chi connectivity index (χ0v) is 22.1. The summed E-state index contributed by atoms with van der Waals surface area (Å²) in [4.78, 5) is 14.0. The third-order valence-corrected chi connectivity index (χ3v) is 8.42. The quantitative estimate of drug-likeness (QED) is 0.251. The summed E-state index contributed by atoms with van der Waals surface area (Å²) in [7, 11) is -3.98. The molecular weight excluding hydrogens is 511 g/mol. The van der Waals surface area contributed by atoms with E-state index >= 15 is 0 Å². The average Bonchev–Trinajstić information content (AvgIpc) is 2.80. The van der Waals surface area contributed by atoms with Gasteiger partial charge in [0.05, 0.1) is 10.6 Å². The third-order valence-electron chi connectivity index (χ3n) is 5.06. The van der Waals surface area contributed by atoms with Crippen molar-refractivity contribution in [2.45, 2.75) is 30.1 Å². The molecule has 0 bridgehead atoms. The monoisotopic (exact) mass is 536 g/mol. The highest BCUT2D eigenvalue weighted by atomic mass is 35.5. The summed E-state index contributed by atoms with van der Waals surface area (Å²) in [6, 6.07) is 19.1. The number of nitrogens with zero attached hydrogens (tertiary/aromatic N) is 1. The summed E-state index contributed by atoms with van der Waals surface area (Å²) in [5.41, 5.74) is 2.02. The van der Waals surface area contributed by atoms with Crippen molar-refractivity contribution in [2.75, 3.05) is 23.1 Å². The molecule has 3 aromatic carbocycles. The molecule has 0 atom stereocenters. The summed E-state index contributed by atoms with van der Waals surface area (Å²) in [6.07, 6.45) is 0.736. The van der Waals surface area contributed by atoms with Crippen molar-refractivity contribution in [3.05, 3.63) is 87.9 Å². The lowest BCUT2D eigenvalue weighted by Gasteiger charge is -2.26. The van der Waals surface area contributed by atoms with Crippen LogP contribution in [-0.2, 0) is 14.8 Å². The fraction of sp³-hybridized carbons (Fsp3) is 0.240. The number of rotatable bonds is 10. The molecule has 1 N–H and O–H groups in total. The molecule has 0 aliphatic heterocycles. The van der Waals surface area contributed by atoms with Gasteiger partial charge >= 0.3 is 0 Å². The molecule has 0 aliphatic carbocycles. The summed E-state index contributed by atoms with van der Waals surface area (Å²) in [6.45, 7) is 3.76. The molecule has 1 amide bonds. The van der Waals surface area contributed by atoms with Gasteiger partial charge in [-0.25, -0.2) is 8.42 Å². The van der Waals surface area contributed by atoms with Crippen molar-refractivity contribution < 1.29 is 13.2 Å². The number of amides is 1. The first-order chi connectivity index (χ1) is 16.2. The van der Waals surface area contributed by atoms with Crippen LogP contribution in [0, 0.1) is 13.8 Å². The van der Waals surface area contributed by atoms with Crippen LogP contribution in [0.2, 0.25) is 10.0 Å². The molecular formula is C25H26Cl2N2O3S2. The van der Waals surface area contributed by atoms with Gasteiger partial charge in [0.15, 0.2) is 0 Å². The first-order valence-electron chi connectivity index (χ1n) is 10.7. The second-order valence-corrected chi connectivity index (χ2v) is 11.7. The van der Waals surface area contributed by atoms with Gasteiger partial charge in [-0.2, -0.15) is 0 Å². The maximum Gasteiger partial charge on any atom is 0.264 e. The van der Waals surface area contributed by atoms with Gasteiger partial charge < -0.3 is 5.32 Å². The molecule has 3 rings (SSSR count). The number of hydrogen-bond acceptors (Lipinski definition) is 4. The Morgan fingerprint density at radius 3 is 2.26 bits per heavy atom. The van der Waals surface area contributed by atoms with E-state index in [0.29, 0.717) is 27.8 Å². The number of nitrogens with one attached hydrogen (secondary N) is 1. The van der Waals surface area contributed by atoms with E-state index < -0.39 is 10.0 Å². The molecule has 0 radical (unpaired) electrons. The second kappa shape index (κ2) is 12.0. The van der Waals surface area contributed by atoms with Gasteiger partial charge in [0.1, 0.15) is 6.54 Å². The molecule has 3 aromatic rings. The van der Waals surface area contributed by atoms with E-state index in [1.807, 2.05) is 31.2 Å². The number of halogens is 2. The van der Waals surface area contributed by atoms with Crippen LogP contribution in [0.3, 0.4) is 0 Å². The minimum Gasteiger partial charge on any atom is -0.354 e. The van der Waals surface area contributed by atoms with Gasteiger partial charge in [-0.05, 0) is 80.1 Å². The molecule has 0 unspecified atom stereocenters. The molecule has 0 heterocycles. The predicted molar refractivity (Wildman–Crippen MR) is 142 cm³/mol. The highest BCUT2D eigenvalue weighted by Gasteiger charge is 2.28. The standard InChI is InChI=1S/C25H26Cl2N2O3S2/c1-18-4-12-23(13-5-18)34(31,32)29(24-16-21(27)7-6-19(24)2)17-25(30)28-14-3-15-33-22-10-8-20(26)9-11-22/h4-13,16H,3,14-15,17H2,1-2H3,(H,28,30). The highest BCUT2D eigenvalue weighted by molar-refractivity contribution is 7.99. The number of aryl methyl sites for hydroxylation is 2. The largest absolute Gasteiger partial charge is 0.354 e. The van der Waals surface area contributed by atoms with Gasteiger partial charge in [-0.15, -0.1) is 11.8 Å². The Morgan fingerprint density at radius 1 is 0.941 bits per heavy atom. The second-order valence-electron chi connectivity index (χ2n) is 7.76. The molecule has 180 valence electrons. The molecule has 34 heavy (non-hydrogen) atoms. The third kappa shape index (κ3) is 7.15. The van der Waals surface area contributed by atoms with Crippen LogP contribution >= 0.6 is 35.0 Å². The Hall–Kier alpha value is -2.19. The van der Waals surface area contributed by atoms with Crippen molar-refractivity contribution in [1.29, 1.82) is 0 Å². The Morgan fingerprint density at radius 2 is 1.59 bits per heavy atom. The molecule has 5 nitrogen and oxygen atoms in total. The zero-order chi connectivity index (χ0) is 24.7. The number of thioether (sulfide) groups is 1. The minimum absolute atomic E-state index is 0.115. The van der Waals surface area contributed by atoms with Crippen molar-refractivity contribution in [1.82, 2.24) is 5.32 Å². The predicted octanol–water partition coefficient (Wildman–Crippen LogP) is 6.10. The van der Waals surface area contributed by atoms with E-state index in [4.69, 9.17) is 23.2 Å². The molecule has 0 saturated heterocycles. The number of anilines is 1. The van der Waals surface area contributed by atoms with Crippen LogP contribution in [0.5, 0.6) is 0 Å². The van der Waals surface area contributed by atoms with E-state index in [2.05, 4.69) is 5.32 Å². The molecule has 9 heteroatoms. The van der Waals surface area contributed by atoms with E-state index in [1.165, 1.54) is 0 Å². The first-order valence-corrected chi connectivity index (χ1v) is 13.9. The van der Waals surface area contributed by atoms with Gasteiger partial charge in [-0.1, -0.05) is 47.0 Å². The molecule has 0 spiro atoms. The maximum absolute atomic E-state index is 13.5. The van der Waals surface area contributed by atoms with Crippen LogP contribution in [0.25, 0.3) is 0 Å². The summed E-state index contributed by atoms with van der Waals surface area (Å²) >= 11 is 13.7. The number of carbonyl (C=O) groups excluding carboxylic acids is 1. The van der Waals surface area contributed by atoms with E-state index in [1.54, 1.807) is 61.2 Å². The molecule has 0 aliphatic rings. The Bertz CT molecular complexity index is 1230. The molecule has 0 saturated carbocycles. The average molecular weight is 538 g/mol. The van der Waals surface area contributed by atoms with Crippen molar-refractivity contribution in [3.63, 3.8) is 0 Å². The number of sulfonamides is 1. The number of carbonyl (C=O) groups is 1. The summed E-state index contributed by atoms with van der Waals surface area (Å²) in [5.74, 6) is 0.423. The normalized spacial score (nSPS) is 11.3. The Kier molecular flexibility index (Phi) is 9.31. The smallest absolute Gasteiger partial charge is 0.264 e. The number of hydrogen-bond donors (Lipinski definition) is 1. The lowest BCUT2D eigenvalue weighted by atomic mass is 10.2. The highest BCUT2D eigenvalue weighted by Crippen LogP contribution is 2.29. The van der Waals surface area contributed by atoms with Crippen molar-refractivity contribution in [3.8, 4) is 0 Å². The molecule has 0 fully saturated rings. The van der Waals surface area contributed by atoms with Crippen molar-refractivity contribution in [2.24, 2.45) is 0 Å².